The maximum absolute atomic E-state index is 11.7. The van der Waals surface area contributed by atoms with E-state index < -0.39 is 12.1 Å². The Morgan fingerprint density at radius 2 is 2.11 bits per heavy atom. The second kappa shape index (κ2) is 6.29. The molecule has 6 nitrogen and oxygen atoms in total. The number of amides is 1. The highest BCUT2D eigenvalue weighted by atomic mass is 16.5. The molecule has 1 aliphatic heterocycles. The predicted molar refractivity (Wildman–Crippen MR) is 66.5 cm³/mol. The van der Waals surface area contributed by atoms with Gasteiger partial charge in [-0.1, -0.05) is 0 Å². The predicted octanol–water partition coefficient (Wildman–Crippen LogP) is 0.372. The monoisotopic (exact) mass is 264 g/mol. The molecule has 1 saturated heterocycles. The third kappa shape index (κ3) is 4.03. The van der Waals surface area contributed by atoms with Gasteiger partial charge in [0.05, 0.1) is 12.5 Å². The highest BCUT2D eigenvalue weighted by Crippen LogP contribution is 2.19. The number of aliphatic carboxylic acids is 1. The standard InChI is InChI=1S/C13H16N2O4/c16-12(7-9-3-5-14-6-4-9)15-8-10-1-2-11(19-10)13(17)18/h3-6,10-11H,1-2,7-8H2,(H,15,16)(H,17,18). The minimum Gasteiger partial charge on any atom is -0.479 e. The van der Waals surface area contributed by atoms with E-state index in [-0.39, 0.29) is 18.4 Å². The number of carboxylic acids is 1. The van der Waals surface area contributed by atoms with Gasteiger partial charge in [-0.3, -0.25) is 9.78 Å². The molecule has 0 radical (unpaired) electrons. The molecule has 1 aromatic heterocycles. The minimum absolute atomic E-state index is 0.103. The minimum atomic E-state index is -0.939. The van der Waals surface area contributed by atoms with Crippen LogP contribution in [0.4, 0.5) is 0 Å². The van der Waals surface area contributed by atoms with Gasteiger partial charge in [0.25, 0.3) is 0 Å². The summed E-state index contributed by atoms with van der Waals surface area (Å²) in [6.07, 6.45) is 3.79. The van der Waals surface area contributed by atoms with Crippen molar-refractivity contribution in [2.24, 2.45) is 0 Å². The SMILES string of the molecule is O=C(Cc1ccncc1)NCC1CCC(C(=O)O)O1. The molecule has 6 heteroatoms. The summed E-state index contributed by atoms with van der Waals surface area (Å²) in [6.45, 7) is 0.355. The number of nitrogens with zero attached hydrogens (tertiary/aromatic N) is 1. The van der Waals surface area contributed by atoms with Crippen LogP contribution < -0.4 is 5.32 Å². The Morgan fingerprint density at radius 3 is 2.74 bits per heavy atom. The van der Waals surface area contributed by atoms with Gasteiger partial charge in [0.1, 0.15) is 0 Å². The Morgan fingerprint density at radius 1 is 1.37 bits per heavy atom. The van der Waals surface area contributed by atoms with Crippen molar-refractivity contribution in [1.29, 1.82) is 0 Å². The van der Waals surface area contributed by atoms with Crippen LogP contribution in [0, 0.1) is 0 Å². The van der Waals surface area contributed by atoms with Crippen LogP contribution in [0.15, 0.2) is 24.5 Å². The largest absolute Gasteiger partial charge is 0.479 e. The molecule has 0 aromatic carbocycles. The Hall–Kier alpha value is -1.95. The number of rotatable bonds is 5. The van der Waals surface area contributed by atoms with E-state index in [1.54, 1.807) is 24.5 Å². The Labute approximate surface area is 110 Å². The molecular formula is C13H16N2O4. The van der Waals surface area contributed by atoms with Crippen LogP contribution in [0.1, 0.15) is 18.4 Å². The van der Waals surface area contributed by atoms with E-state index in [2.05, 4.69) is 10.3 Å². The zero-order valence-corrected chi connectivity index (χ0v) is 10.4. The second-order valence-corrected chi connectivity index (χ2v) is 4.50. The zero-order valence-electron chi connectivity index (χ0n) is 10.4. The van der Waals surface area contributed by atoms with Crippen LogP contribution in [0.2, 0.25) is 0 Å². The van der Waals surface area contributed by atoms with Gasteiger partial charge in [-0.05, 0) is 30.5 Å². The smallest absolute Gasteiger partial charge is 0.332 e. The first-order valence-electron chi connectivity index (χ1n) is 6.19. The lowest BCUT2D eigenvalue weighted by atomic mass is 10.2. The van der Waals surface area contributed by atoms with E-state index in [4.69, 9.17) is 9.84 Å². The number of carboxylic acid groups (broad SMARTS) is 1. The molecule has 0 bridgehead atoms. The van der Waals surface area contributed by atoms with Crippen LogP contribution in [0.25, 0.3) is 0 Å². The number of hydrogen-bond acceptors (Lipinski definition) is 4. The van der Waals surface area contributed by atoms with Gasteiger partial charge in [-0.2, -0.15) is 0 Å². The van der Waals surface area contributed by atoms with E-state index in [1.807, 2.05) is 0 Å². The normalized spacial score (nSPS) is 22.1. The first-order chi connectivity index (χ1) is 9.15. The van der Waals surface area contributed by atoms with Crippen molar-refractivity contribution in [3.8, 4) is 0 Å². The average molecular weight is 264 g/mol. The van der Waals surface area contributed by atoms with Gasteiger partial charge in [0, 0.05) is 18.9 Å². The van der Waals surface area contributed by atoms with Crippen molar-refractivity contribution < 1.29 is 19.4 Å². The molecule has 2 N–H and O–H groups in total. The molecule has 2 rings (SSSR count). The van der Waals surface area contributed by atoms with Crippen LogP contribution in [0.3, 0.4) is 0 Å². The molecule has 2 unspecified atom stereocenters. The maximum Gasteiger partial charge on any atom is 0.332 e. The van der Waals surface area contributed by atoms with Gasteiger partial charge >= 0.3 is 5.97 Å². The van der Waals surface area contributed by atoms with Crippen molar-refractivity contribution in [2.45, 2.75) is 31.5 Å². The van der Waals surface area contributed by atoms with Crippen molar-refractivity contribution in [1.82, 2.24) is 10.3 Å². The molecule has 0 aliphatic carbocycles. The van der Waals surface area contributed by atoms with Crippen molar-refractivity contribution in [3.05, 3.63) is 30.1 Å². The molecule has 1 fully saturated rings. The van der Waals surface area contributed by atoms with E-state index >= 15 is 0 Å². The molecule has 0 saturated carbocycles. The van der Waals surface area contributed by atoms with Crippen LogP contribution in [-0.2, 0) is 20.7 Å². The number of ether oxygens (including phenoxy) is 1. The second-order valence-electron chi connectivity index (χ2n) is 4.50. The number of carbonyl (C=O) groups excluding carboxylic acids is 1. The topological polar surface area (TPSA) is 88.5 Å². The van der Waals surface area contributed by atoms with Gasteiger partial charge in [-0.25, -0.2) is 4.79 Å². The number of pyridine rings is 1. The maximum atomic E-state index is 11.7. The summed E-state index contributed by atoms with van der Waals surface area (Å²) >= 11 is 0. The van der Waals surface area contributed by atoms with Crippen molar-refractivity contribution in [3.63, 3.8) is 0 Å². The van der Waals surface area contributed by atoms with Gasteiger partial charge < -0.3 is 15.2 Å². The molecule has 102 valence electrons. The average Bonchev–Trinajstić information content (AvgIpc) is 2.86. The first kappa shape index (κ1) is 13.5. The van der Waals surface area contributed by atoms with Crippen LogP contribution >= 0.6 is 0 Å². The fourth-order valence-electron chi connectivity index (χ4n) is 2.01. The number of carbonyl (C=O) groups is 2. The van der Waals surface area contributed by atoms with Crippen LogP contribution in [0.5, 0.6) is 0 Å². The van der Waals surface area contributed by atoms with Gasteiger partial charge in [0.15, 0.2) is 6.10 Å². The van der Waals surface area contributed by atoms with Gasteiger partial charge in [0.2, 0.25) is 5.91 Å². The third-order valence-electron chi connectivity index (χ3n) is 3.02. The lowest BCUT2D eigenvalue weighted by molar-refractivity contribution is -0.149. The molecule has 2 atom stereocenters. The fourth-order valence-corrected chi connectivity index (χ4v) is 2.01. The Kier molecular flexibility index (Phi) is 4.46. The van der Waals surface area contributed by atoms with E-state index in [9.17, 15) is 9.59 Å². The van der Waals surface area contributed by atoms with Crippen LogP contribution in [-0.4, -0.2) is 40.7 Å². The first-order valence-corrected chi connectivity index (χ1v) is 6.19. The quantitative estimate of drug-likeness (QED) is 0.802. The van der Waals surface area contributed by atoms with Crippen molar-refractivity contribution in [2.75, 3.05) is 6.54 Å². The fraction of sp³-hybridized carbons (Fsp3) is 0.462. The Balaban J connectivity index is 1.71. The van der Waals surface area contributed by atoms with E-state index in [0.29, 0.717) is 19.4 Å². The van der Waals surface area contributed by atoms with Crippen molar-refractivity contribution >= 4 is 11.9 Å². The van der Waals surface area contributed by atoms with E-state index in [0.717, 1.165) is 5.56 Å². The highest BCUT2D eigenvalue weighted by Gasteiger charge is 2.30. The van der Waals surface area contributed by atoms with E-state index in [1.165, 1.54) is 0 Å². The summed E-state index contributed by atoms with van der Waals surface area (Å²) in [7, 11) is 0. The zero-order chi connectivity index (χ0) is 13.7. The third-order valence-corrected chi connectivity index (χ3v) is 3.02. The number of aromatic nitrogens is 1. The lowest BCUT2D eigenvalue weighted by Gasteiger charge is -2.12. The summed E-state index contributed by atoms with van der Waals surface area (Å²) in [6, 6.07) is 3.57. The van der Waals surface area contributed by atoms with Gasteiger partial charge in [-0.15, -0.1) is 0 Å². The number of nitrogens with one attached hydrogen (secondary N) is 1. The molecule has 19 heavy (non-hydrogen) atoms. The summed E-state index contributed by atoms with van der Waals surface area (Å²) in [5.74, 6) is -1.04. The molecule has 0 spiro atoms. The Bertz CT molecular complexity index is 449. The summed E-state index contributed by atoms with van der Waals surface area (Å²) in [5, 5.41) is 11.5. The summed E-state index contributed by atoms with van der Waals surface area (Å²) in [5.41, 5.74) is 0.892. The summed E-state index contributed by atoms with van der Waals surface area (Å²) < 4.78 is 5.30. The number of hydrogen-bond donors (Lipinski definition) is 2. The lowest BCUT2D eigenvalue weighted by Crippen LogP contribution is -2.34. The molecule has 1 amide bonds. The molecule has 2 heterocycles. The highest BCUT2D eigenvalue weighted by molar-refractivity contribution is 5.78. The molecule has 1 aliphatic rings. The molecule has 1 aromatic rings. The summed E-state index contributed by atoms with van der Waals surface area (Å²) in [4.78, 5) is 26.3. The molecular weight excluding hydrogens is 248 g/mol.